The van der Waals surface area contributed by atoms with Crippen LogP contribution in [0.1, 0.15) is 43.9 Å². The third-order valence-corrected chi connectivity index (χ3v) is 7.40. The van der Waals surface area contributed by atoms with Crippen LogP contribution in [0, 0.1) is 11.3 Å². The Morgan fingerprint density at radius 1 is 1.09 bits per heavy atom. The molecule has 3 aromatic rings. The highest BCUT2D eigenvalue weighted by atomic mass is 32.2. The van der Waals surface area contributed by atoms with Crippen LogP contribution in [0.25, 0.3) is 22.3 Å². The number of rotatable bonds is 5. The Morgan fingerprint density at radius 2 is 1.69 bits per heavy atom. The molecule has 1 aliphatic rings. The normalized spacial score (nSPS) is 15.4. The predicted octanol–water partition coefficient (Wildman–Crippen LogP) is 5.55. The Labute approximate surface area is 196 Å². The highest BCUT2D eigenvalue weighted by Crippen LogP contribution is 2.45. The molecule has 1 N–H and O–H groups in total. The lowest BCUT2D eigenvalue weighted by Crippen LogP contribution is -2.54. The molecule has 0 saturated heterocycles. The summed E-state index contributed by atoms with van der Waals surface area (Å²) in [5.41, 5.74) is -3.02. The molecule has 1 saturated carbocycles. The molecule has 2 heterocycles. The number of nitrogens with one attached hydrogen (secondary N) is 1. The zero-order valence-electron chi connectivity index (χ0n) is 18.3. The van der Waals surface area contributed by atoms with Gasteiger partial charge in [-0.25, -0.2) is 13.4 Å². The first-order chi connectivity index (χ1) is 16.1. The van der Waals surface area contributed by atoms with E-state index in [4.69, 9.17) is 0 Å². The van der Waals surface area contributed by atoms with Gasteiger partial charge < -0.3 is 4.57 Å². The number of hydrogen-bond donors (Lipinski definition) is 1. The van der Waals surface area contributed by atoms with E-state index < -0.39 is 38.4 Å². The third kappa shape index (κ3) is 4.48. The maximum absolute atomic E-state index is 13.2. The minimum Gasteiger partial charge on any atom is -0.321 e. The first-order valence-corrected chi connectivity index (χ1v) is 11.8. The van der Waals surface area contributed by atoms with Crippen LogP contribution in [0.15, 0.2) is 41.4 Å². The number of benzene rings is 1. The van der Waals surface area contributed by atoms with Crippen LogP contribution in [0.4, 0.5) is 26.3 Å². The van der Waals surface area contributed by atoms with Crippen LogP contribution in [0.2, 0.25) is 0 Å². The molecule has 0 aliphatic heterocycles. The highest BCUT2D eigenvalue weighted by Gasteiger charge is 2.49. The summed E-state index contributed by atoms with van der Waals surface area (Å²) in [6.07, 6.45) is -7.38. The molecule has 1 aliphatic carbocycles. The Hall–Kier alpha value is -3.11. The van der Waals surface area contributed by atoms with Crippen molar-refractivity contribution in [2.24, 2.45) is 0 Å². The van der Waals surface area contributed by atoms with Gasteiger partial charge in [-0.15, -0.1) is 0 Å². The summed E-state index contributed by atoms with van der Waals surface area (Å²) in [4.78, 5) is 3.52. The fraction of sp³-hybridized carbons (Fsp3) is 0.364. The maximum Gasteiger partial charge on any atom is 0.417 e. The van der Waals surface area contributed by atoms with Gasteiger partial charge in [0.1, 0.15) is 17.3 Å². The van der Waals surface area contributed by atoms with E-state index in [9.17, 15) is 40.0 Å². The summed E-state index contributed by atoms with van der Waals surface area (Å²) in [5.74, 6) is 0. The lowest BCUT2D eigenvalue weighted by molar-refractivity contribution is -0.180. The largest absolute Gasteiger partial charge is 0.417 e. The molecule has 0 spiro atoms. The first-order valence-electron chi connectivity index (χ1n) is 10.3. The van der Waals surface area contributed by atoms with Crippen LogP contribution < -0.4 is 4.72 Å². The van der Waals surface area contributed by atoms with E-state index >= 15 is 0 Å². The number of aromatic nitrogens is 2. The van der Waals surface area contributed by atoms with Crippen molar-refractivity contribution in [2.75, 3.05) is 0 Å². The Bertz CT molecular complexity index is 1440. The SMILES string of the molecule is CC(C)(NS(=O)(=O)c1ccc(-c2c(C#N)c3cc(C(F)(F)F)cnc3n2C2CC2)cc1)C(F)(F)F. The summed E-state index contributed by atoms with van der Waals surface area (Å²) in [6.45, 7) is 1.38. The van der Waals surface area contributed by atoms with E-state index in [1.54, 1.807) is 9.29 Å². The molecule has 13 heteroatoms. The van der Waals surface area contributed by atoms with E-state index in [1.165, 1.54) is 12.1 Å². The molecule has 0 amide bonds. The second kappa shape index (κ2) is 7.96. The molecule has 1 fully saturated rings. The van der Waals surface area contributed by atoms with Crippen molar-refractivity contribution >= 4 is 21.1 Å². The molecule has 186 valence electrons. The second-order valence-corrected chi connectivity index (χ2v) is 10.5. The minimum absolute atomic E-state index is 0.00881. The van der Waals surface area contributed by atoms with E-state index in [1.807, 2.05) is 6.07 Å². The highest BCUT2D eigenvalue weighted by molar-refractivity contribution is 7.89. The second-order valence-electron chi connectivity index (χ2n) is 8.78. The summed E-state index contributed by atoms with van der Waals surface area (Å²) in [6, 6.07) is 7.43. The molecule has 0 atom stereocenters. The molecule has 2 aromatic heterocycles. The molecule has 0 bridgehead atoms. The number of nitriles is 1. The van der Waals surface area contributed by atoms with Crippen LogP contribution in [0.3, 0.4) is 0 Å². The summed E-state index contributed by atoms with van der Waals surface area (Å²) in [7, 11) is -4.56. The van der Waals surface area contributed by atoms with Crippen molar-refractivity contribution in [3.63, 3.8) is 0 Å². The molecule has 4 rings (SSSR count). The van der Waals surface area contributed by atoms with Crippen molar-refractivity contribution in [3.8, 4) is 17.3 Å². The minimum atomic E-state index is -4.84. The van der Waals surface area contributed by atoms with Gasteiger partial charge in [0, 0.05) is 17.6 Å². The fourth-order valence-electron chi connectivity index (χ4n) is 3.67. The molecule has 1 aromatic carbocycles. The average molecular weight is 516 g/mol. The lowest BCUT2D eigenvalue weighted by atomic mass is 10.1. The smallest absolute Gasteiger partial charge is 0.321 e. The van der Waals surface area contributed by atoms with Gasteiger partial charge in [0.15, 0.2) is 0 Å². The van der Waals surface area contributed by atoms with Gasteiger partial charge in [-0.05, 0) is 50.5 Å². The number of halogens is 6. The lowest BCUT2D eigenvalue weighted by Gasteiger charge is -2.28. The molecule has 0 radical (unpaired) electrons. The number of hydrogen-bond acceptors (Lipinski definition) is 4. The number of fused-ring (bicyclic) bond motifs is 1. The van der Waals surface area contributed by atoms with Crippen LogP contribution in [0.5, 0.6) is 0 Å². The van der Waals surface area contributed by atoms with Crippen molar-refractivity contribution in [2.45, 2.75) is 55.5 Å². The number of pyridine rings is 1. The molecular weight excluding hydrogens is 498 g/mol. The van der Waals surface area contributed by atoms with E-state index in [0.29, 0.717) is 38.4 Å². The summed E-state index contributed by atoms with van der Waals surface area (Å²) < 4.78 is 107. The first kappa shape index (κ1) is 25.0. The van der Waals surface area contributed by atoms with Crippen molar-refractivity contribution in [1.82, 2.24) is 14.3 Å². The molecule has 6 nitrogen and oxygen atoms in total. The quantitative estimate of drug-likeness (QED) is 0.451. The monoisotopic (exact) mass is 516 g/mol. The van der Waals surface area contributed by atoms with Gasteiger partial charge >= 0.3 is 12.4 Å². The van der Waals surface area contributed by atoms with Crippen molar-refractivity contribution in [3.05, 3.63) is 47.7 Å². The van der Waals surface area contributed by atoms with Crippen molar-refractivity contribution in [1.29, 1.82) is 5.26 Å². The van der Waals surface area contributed by atoms with E-state index in [0.717, 1.165) is 18.2 Å². The number of alkyl halides is 6. The topological polar surface area (TPSA) is 87.8 Å². The van der Waals surface area contributed by atoms with Crippen molar-refractivity contribution < 1.29 is 34.8 Å². The summed E-state index contributed by atoms with van der Waals surface area (Å²) in [5, 5.41) is 9.80. The molecule has 35 heavy (non-hydrogen) atoms. The van der Waals surface area contributed by atoms with E-state index in [2.05, 4.69) is 4.98 Å². The van der Waals surface area contributed by atoms with Crippen LogP contribution in [-0.4, -0.2) is 29.7 Å². The van der Waals surface area contributed by atoms with Gasteiger partial charge in [0.05, 0.1) is 21.7 Å². The van der Waals surface area contributed by atoms with Gasteiger partial charge in [-0.3, -0.25) is 0 Å². The fourth-order valence-corrected chi connectivity index (χ4v) is 5.07. The number of sulfonamides is 1. The maximum atomic E-state index is 13.2. The van der Waals surface area contributed by atoms with Gasteiger partial charge in [-0.1, -0.05) is 12.1 Å². The Kier molecular flexibility index (Phi) is 5.68. The summed E-state index contributed by atoms with van der Waals surface area (Å²) >= 11 is 0. The van der Waals surface area contributed by atoms with E-state index in [-0.39, 0.29) is 28.3 Å². The Morgan fingerprint density at radius 3 is 2.17 bits per heavy atom. The third-order valence-electron chi connectivity index (χ3n) is 5.73. The van der Waals surface area contributed by atoms with Gasteiger partial charge in [0.25, 0.3) is 0 Å². The molecular formula is C22H18F6N4O2S. The predicted molar refractivity (Wildman–Crippen MR) is 114 cm³/mol. The average Bonchev–Trinajstić information content (AvgIpc) is 3.52. The zero-order chi connectivity index (χ0) is 26.0. The molecule has 0 unspecified atom stereocenters. The van der Waals surface area contributed by atoms with Crippen LogP contribution >= 0.6 is 0 Å². The Balaban J connectivity index is 1.82. The van der Waals surface area contributed by atoms with Crippen LogP contribution in [-0.2, 0) is 16.2 Å². The number of nitrogens with zero attached hydrogens (tertiary/aromatic N) is 3. The van der Waals surface area contributed by atoms with Gasteiger partial charge in [-0.2, -0.15) is 36.3 Å². The zero-order valence-corrected chi connectivity index (χ0v) is 19.1. The van der Waals surface area contributed by atoms with Gasteiger partial charge in [0.2, 0.25) is 10.0 Å². The standard InChI is InChI=1S/C22H18F6N4O2S/c1-20(2,22(26,27)28)31-35(33,34)15-7-3-12(4-8-15)18-17(10-29)16-9-13(21(23,24)25)11-30-19(16)32(18)14-5-6-14/h3-4,7-9,11,14,31H,5-6H2,1-2H3.